The van der Waals surface area contributed by atoms with E-state index >= 15 is 0 Å². The summed E-state index contributed by atoms with van der Waals surface area (Å²) in [6.07, 6.45) is 22.3. The molecule has 0 bridgehead atoms. The third kappa shape index (κ3) is 11.4. The van der Waals surface area contributed by atoms with Crippen LogP contribution in [0, 0.1) is 0 Å². The number of hydrogen-bond acceptors (Lipinski definition) is 1. The summed E-state index contributed by atoms with van der Waals surface area (Å²) in [4.78, 5) is 0. The predicted molar refractivity (Wildman–Crippen MR) is 86.6 cm³/mol. The first kappa shape index (κ1) is 16.4. The van der Waals surface area contributed by atoms with E-state index in [1.54, 1.807) is 0 Å². The normalized spacial score (nSPS) is 24.0. The van der Waals surface area contributed by atoms with Crippen LogP contribution in [0.3, 0.4) is 0 Å². The van der Waals surface area contributed by atoms with E-state index < -0.39 is 0 Å². The van der Waals surface area contributed by atoms with E-state index in [0.29, 0.717) is 0 Å². The van der Waals surface area contributed by atoms with Crippen LogP contribution in [-0.2, 0) is 0 Å². The van der Waals surface area contributed by atoms with Gasteiger partial charge in [-0.1, -0.05) is 83.5 Å². The molecule has 1 aliphatic heterocycles. The molecule has 0 N–H and O–H groups in total. The third-order valence-electron chi connectivity index (χ3n) is 4.08. The largest absolute Gasteiger partial charge is 0.162 e. The first-order chi connectivity index (χ1) is 9.00. The van der Waals surface area contributed by atoms with E-state index in [2.05, 4.69) is 11.8 Å². The van der Waals surface area contributed by atoms with Gasteiger partial charge in [0.2, 0.25) is 0 Å². The maximum absolute atomic E-state index is 2.20. The zero-order valence-electron chi connectivity index (χ0n) is 12.4. The molecule has 18 heavy (non-hydrogen) atoms. The monoisotopic (exact) mass is 270 g/mol. The Bertz CT molecular complexity index is 80.6. The van der Waals surface area contributed by atoms with Crippen LogP contribution in [-0.4, -0.2) is 11.5 Å². The van der Waals surface area contributed by atoms with Crippen LogP contribution in [0.5, 0.6) is 0 Å². The van der Waals surface area contributed by atoms with E-state index in [1.807, 2.05) is 0 Å². The molecular formula is C17H34S. The Kier molecular flexibility index (Phi) is 12.6. The van der Waals surface area contributed by atoms with Crippen molar-refractivity contribution in [2.75, 3.05) is 11.5 Å². The average molecular weight is 271 g/mol. The van der Waals surface area contributed by atoms with Gasteiger partial charge in [-0.3, -0.25) is 0 Å². The molecule has 0 saturated carbocycles. The summed E-state index contributed by atoms with van der Waals surface area (Å²) in [6.45, 7) is 0. The van der Waals surface area contributed by atoms with Crippen LogP contribution >= 0.6 is 11.8 Å². The number of rotatable bonds is 0. The summed E-state index contributed by atoms with van der Waals surface area (Å²) in [7, 11) is 0. The fourth-order valence-electron chi connectivity index (χ4n) is 2.81. The first-order valence-electron chi connectivity index (χ1n) is 8.58. The molecule has 0 spiro atoms. The van der Waals surface area contributed by atoms with Crippen LogP contribution in [0.1, 0.15) is 96.3 Å². The second kappa shape index (κ2) is 13.8. The lowest BCUT2D eigenvalue weighted by molar-refractivity contribution is 0.534. The summed E-state index contributed by atoms with van der Waals surface area (Å²) >= 11 is 2.20. The molecule has 108 valence electrons. The summed E-state index contributed by atoms with van der Waals surface area (Å²) < 4.78 is 0. The molecule has 0 unspecified atom stereocenters. The van der Waals surface area contributed by atoms with E-state index in [9.17, 15) is 0 Å². The van der Waals surface area contributed by atoms with Gasteiger partial charge in [-0.25, -0.2) is 0 Å². The molecule has 0 radical (unpaired) electrons. The minimum absolute atomic E-state index is 1.42. The zero-order chi connectivity index (χ0) is 12.7. The van der Waals surface area contributed by atoms with Gasteiger partial charge in [0.15, 0.2) is 0 Å². The lowest BCUT2D eigenvalue weighted by atomic mass is 10.0. The molecule has 1 saturated heterocycles. The van der Waals surface area contributed by atoms with Crippen molar-refractivity contribution in [1.82, 2.24) is 0 Å². The van der Waals surface area contributed by atoms with Crippen molar-refractivity contribution in [1.29, 1.82) is 0 Å². The maximum Gasteiger partial charge on any atom is -0.00675 e. The van der Waals surface area contributed by atoms with Crippen molar-refractivity contribution in [3.63, 3.8) is 0 Å². The Morgan fingerprint density at radius 2 is 0.500 bits per heavy atom. The topological polar surface area (TPSA) is 0 Å². The number of hydrogen-bond donors (Lipinski definition) is 0. The Labute approximate surface area is 120 Å². The molecule has 1 heterocycles. The van der Waals surface area contributed by atoms with Gasteiger partial charge in [0.1, 0.15) is 0 Å². The van der Waals surface area contributed by atoms with Crippen LogP contribution < -0.4 is 0 Å². The minimum Gasteiger partial charge on any atom is -0.162 e. The Morgan fingerprint density at radius 1 is 0.278 bits per heavy atom. The standard InChI is InChI=1S/C17H34S/c1-2-4-6-8-10-12-14-16-18-17-15-13-11-9-7-5-3-1/h1-17H2. The highest BCUT2D eigenvalue weighted by molar-refractivity contribution is 7.99. The van der Waals surface area contributed by atoms with Crippen LogP contribution in [0.15, 0.2) is 0 Å². The molecule has 0 nitrogen and oxygen atoms in total. The van der Waals surface area contributed by atoms with Crippen molar-refractivity contribution in [3.05, 3.63) is 0 Å². The van der Waals surface area contributed by atoms with Gasteiger partial charge < -0.3 is 0 Å². The SMILES string of the molecule is C1CCCCCCCCSCCCCCCCC1. The van der Waals surface area contributed by atoms with E-state index in [4.69, 9.17) is 0 Å². The summed E-state index contributed by atoms with van der Waals surface area (Å²) in [5.41, 5.74) is 0. The lowest BCUT2D eigenvalue weighted by Crippen LogP contribution is -1.88. The van der Waals surface area contributed by atoms with Crippen molar-refractivity contribution in [2.45, 2.75) is 96.3 Å². The van der Waals surface area contributed by atoms with Gasteiger partial charge in [-0.05, 0) is 24.3 Å². The van der Waals surface area contributed by atoms with E-state index in [1.165, 1.54) is 108 Å². The fraction of sp³-hybridized carbons (Fsp3) is 1.00. The maximum atomic E-state index is 2.20. The Morgan fingerprint density at radius 3 is 0.778 bits per heavy atom. The third-order valence-corrected chi connectivity index (χ3v) is 5.23. The molecule has 1 heteroatoms. The van der Waals surface area contributed by atoms with Crippen LogP contribution in [0.4, 0.5) is 0 Å². The molecular weight excluding hydrogens is 236 g/mol. The minimum atomic E-state index is 1.42. The summed E-state index contributed by atoms with van der Waals surface area (Å²) in [6, 6.07) is 0. The highest BCUT2D eigenvalue weighted by Crippen LogP contribution is 2.16. The molecule has 1 fully saturated rings. The van der Waals surface area contributed by atoms with Crippen molar-refractivity contribution >= 4 is 11.8 Å². The fourth-order valence-corrected chi connectivity index (χ4v) is 3.83. The average Bonchev–Trinajstić information content (AvgIpc) is 2.39. The smallest absolute Gasteiger partial charge is 0.00675 e. The highest BCUT2D eigenvalue weighted by atomic mass is 32.2. The lowest BCUT2D eigenvalue weighted by Gasteiger charge is -2.05. The van der Waals surface area contributed by atoms with Gasteiger partial charge in [0.05, 0.1) is 0 Å². The van der Waals surface area contributed by atoms with Crippen molar-refractivity contribution in [3.8, 4) is 0 Å². The van der Waals surface area contributed by atoms with Gasteiger partial charge in [-0.2, -0.15) is 11.8 Å². The zero-order valence-corrected chi connectivity index (χ0v) is 13.2. The van der Waals surface area contributed by atoms with Gasteiger partial charge >= 0.3 is 0 Å². The van der Waals surface area contributed by atoms with E-state index in [0.717, 1.165) is 0 Å². The van der Waals surface area contributed by atoms with Crippen LogP contribution in [0.25, 0.3) is 0 Å². The molecule has 0 atom stereocenters. The van der Waals surface area contributed by atoms with Gasteiger partial charge in [0, 0.05) is 0 Å². The van der Waals surface area contributed by atoms with Crippen LogP contribution in [0.2, 0.25) is 0 Å². The second-order valence-corrected chi connectivity index (χ2v) is 7.14. The van der Waals surface area contributed by atoms with E-state index in [-0.39, 0.29) is 0 Å². The second-order valence-electron chi connectivity index (χ2n) is 5.92. The van der Waals surface area contributed by atoms with Gasteiger partial charge in [-0.15, -0.1) is 0 Å². The summed E-state index contributed by atoms with van der Waals surface area (Å²) in [5.74, 6) is 2.83. The molecule has 0 aromatic rings. The van der Waals surface area contributed by atoms with Crippen molar-refractivity contribution < 1.29 is 0 Å². The molecule has 0 aliphatic carbocycles. The van der Waals surface area contributed by atoms with Crippen molar-refractivity contribution in [2.24, 2.45) is 0 Å². The first-order valence-corrected chi connectivity index (χ1v) is 9.73. The Hall–Kier alpha value is 0.350. The molecule has 1 aliphatic rings. The molecule has 0 amide bonds. The molecule has 0 aromatic heterocycles. The Balaban J connectivity index is 2.00. The predicted octanol–water partition coefficient (Wildman–Crippen LogP) is 6.58. The quantitative estimate of drug-likeness (QED) is 0.479. The molecule has 0 aromatic carbocycles. The number of thioether (sulfide) groups is 1. The highest BCUT2D eigenvalue weighted by Gasteiger charge is 1.96. The summed E-state index contributed by atoms with van der Waals surface area (Å²) in [5, 5.41) is 0. The molecule has 1 rings (SSSR count). The van der Waals surface area contributed by atoms with Gasteiger partial charge in [0.25, 0.3) is 0 Å².